The summed E-state index contributed by atoms with van der Waals surface area (Å²) in [5.74, 6) is 0.548. The number of rotatable bonds is 3. The normalized spacial score (nSPS) is 16.1. The van der Waals surface area contributed by atoms with E-state index in [4.69, 9.17) is 4.52 Å². The van der Waals surface area contributed by atoms with E-state index in [9.17, 15) is 9.18 Å². The van der Waals surface area contributed by atoms with Gasteiger partial charge in [0.2, 0.25) is 17.6 Å². The maximum Gasteiger partial charge on any atom is 0.241 e. The van der Waals surface area contributed by atoms with Crippen LogP contribution in [0.15, 0.2) is 28.8 Å². The first-order chi connectivity index (χ1) is 9.70. The Labute approximate surface area is 114 Å². The van der Waals surface area contributed by atoms with Crippen molar-refractivity contribution in [1.82, 2.24) is 20.4 Å². The third kappa shape index (κ3) is 2.83. The number of hydrogen-bond donors (Lipinski definition) is 1. The minimum Gasteiger partial charge on any atom is -0.354 e. The molecule has 104 valence electrons. The molecule has 1 saturated heterocycles. The van der Waals surface area contributed by atoms with Crippen LogP contribution in [0.4, 0.5) is 4.39 Å². The number of aromatic nitrogens is 2. The third-order valence-electron chi connectivity index (χ3n) is 3.05. The average molecular weight is 276 g/mol. The van der Waals surface area contributed by atoms with Crippen molar-refractivity contribution in [2.24, 2.45) is 0 Å². The molecule has 1 fully saturated rings. The van der Waals surface area contributed by atoms with Gasteiger partial charge < -0.3 is 9.84 Å². The SMILES string of the molecule is O=C1CN(Cc2nc(-c3ccc(F)cc3)no2)CCN1. The van der Waals surface area contributed by atoms with Gasteiger partial charge in [0.1, 0.15) is 5.82 Å². The fourth-order valence-corrected chi connectivity index (χ4v) is 2.05. The molecule has 1 aliphatic heterocycles. The van der Waals surface area contributed by atoms with Crippen LogP contribution in [-0.4, -0.2) is 40.6 Å². The molecule has 1 amide bonds. The van der Waals surface area contributed by atoms with Crippen LogP contribution in [0.2, 0.25) is 0 Å². The van der Waals surface area contributed by atoms with Crippen LogP contribution in [0.1, 0.15) is 5.89 Å². The van der Waals surface area contributed by atoms with Crippen molar-refractivity contribution in [3.8, 4) is 11.4 Å². The summed E-state index contributed by atoms with van der Waals surface area (Å²) < 4.78 is 18.0. The number of halogens is 1. The molecule has 0 atom stereocenters. The van der Waals surface area contributed by atoms with Crippen molar-refractivity contribution < 1.29 is 13.7 Å². The highest BCUT2D eigenvalue weighted by atomic mass is 19.1. The lowest BCUT2D eigenvalue weighted by Gasteiger charge is -2.24. The Bertz CT molecular complexity index is 611. The quantitative estimate of drug-likeness (QED) is 0.898. The fraction of sp³-hybridized carbons (Fsp3) is 0.308. The first-order valence-corrected chi connectivity index (χ1v) is 6.28. The van der Waals surface area contributed by atoms with Crippen molar-refractivity contribution in [2.75, 3.05) is 19.6 Å². The smallest absolute Gasteiger partial charge is 0.241 e. The monoisotopic (exact) mass is 276 g/mol. The number of carbonyl (C=O) groups excluding carboxylic acids is 1. The molecule has 1 aromatic carbocycles. The lowest BCUT2D eigenvalue weighted by atomic mass is 10.2. The van der Waals surface area contributed by atoms with Gasteiger partial charge in [-0.15, -0.1) is 0 Å². The molecule has 1 aromatic heterocycles. The number of piperazine rings is 1. The first kappa shape index (κ1) is 12.7. The van der Waals surface area contributed by atoms with Crippen molar-refractivity contribution in [3.05, 3.63) is 36.0 Å². The fourth-order valence-electron chi connectivity index (χ4n) is 2.05. The minimum atomic E-state index is -0.309. The van der Waals surface area contributed by atoms with Crippen LogP contribution in [0.5, 0.6) is 0 Å². The Hall–Kier alpha value is -2.28. The van der Waals surface area contributed by atoms with Crippen molar-refractivity contribution >= 4 is 5.91 Å². The van der Waals surface area contributed by atoms with E-state index in [1.807, 2.05) is 4.90 Å². The van der Waals surface area contributed by atoms with Gasteiger partial charge in [0.05, 0.1) is 13.1 Å². The Morgan fingerprint density at radius 2 is 2.15 bits per heavy atom. The van der Waals surface area contributed by atoms with Gasteiger partial charge in [0, 0.05) is 18.7 Å². The van der Waals surface area contributed by atoms with Crippen LogP contribution in [-0.2, 0) is 11.3 Å². The molecule has 7 heteroatoms. The van der Waals surface area contributed by atoms with Crippen LogP contribution < -0.4 is 5.32 Å². The largest absolute Gasteiger partial charge is 0.354 e. The van der Waals surface area contributed by atoms with E-state index in [0.29, 0.717) is 36.9 Å². The van der Waals surface area contributed by atoms with E-state index in [1.54, 1.807) is 12.1 Å². The van der Waals surface area contributed by atoms with Gasteiger partial charge in [-0.3, -0.25) is 9.69 Å². The summed E-state index contributed by atoms with van der Waals surface area (Å²) in [5.41, 5.74) is 0.692. The zero-order chi connectivity index (χ0) is 13.9. The molecule has 2 heterocycles. The van der Waals surface area contributed by atoms with E-state index in [2.05, 4.69) is 15.5 Å². The highest BCUT2D eigenvalue weighted by molar-refractivity contribution is 5.78. The minimum absolute atomic E-state index is 0.00507. The summed E-state index contributed by atoms with van der Waals surface area (Å²) in [6, 6.07) is 5.89. The molecule has 2 aromatic rings. The molecular weight excluding hydrogens is 263 g/mol. The molecule has 0 radical (unpaired) electrons. The predicted molar refractivity (Wildman–Crippen MR) is 68.0 cm³/mol. The zero-order valence-corrected chi connectivity index (χ0v) is 10.7. The molecule has 0 saturated carbocycles. The van der Waals surface area contributed by atoms with Crippen molar-refractivity contribution in [3.63, 3.8) is 0 Å². The van der Waals surface area contributed by atoms with E-state index in [0.717, 1.165) is 6.54 Å². The summed E-state index contributed by atoms with van der Waals surface area (Å²) >= 11 is 0. The van der Waals surface area contributed by atoms with Gasteiger partial charge >= 0.3 is 0 Å². The number of benzene rings is 1. The Kier molecular flexibility index (Phi) is 3.42. The average Bonchev–Trinajstić information content (AvgIpc) is 2.88. The third-order valence-corrected chi connectivity index (χ3v) is 3.05. The van der Waals surface area contributed by atoms with Crippen LogP contribution in [0.3, 0.4) is 0 Å². The van der Waals surface area contributed by atoms with E-state index in [1.165, 1.54) is 12.1 Å². The summed E-state index contributed by atoms with van der Waals surface area (Å²) in [6.45, 7) is 2.13. The molecule has 0 bridgehead atoms. The van der Waals surface area contributed by atoms with Gasteiger partial charge in [0.25, 0.3) is 0 Å². The molecule has 1 N–H and O–H groups in total. The number of amides is 1. The van der Waals surface area contributed by atoms with Crippen molar-refractivity contribution in [1.29, 1.82) is 0 Å². The molecule has 6 nitrogen and oxygen atoms in total. The van der Waals surface area contributed by atoms with Crippen LogP contribution in [0.25, 0.3) is 11.4 Å². The molecule has 0 spiro atoms. The maximum absolute atomic E-state index is 12.8. The molecule has 0 unspecified atom stereocenters. The first-order valence-electron chi connectivity index (χ1n) is 6.28. The highest BCUT2D eigenvalue weighted by Crippen LogP contribution is 2.16. The second-order valence-corrected chi connectivity index (χ2v) is 4.58. The molecule has 1 aliphatic rings. The molecular formula is C13H13FN4O2. The molecule has 20 heavy (non-hydrogen) atoms. The Balaban J connectivity index is 1.70. The van der Waals surface area contributed by atoms with Crippen LogP contribution in [0, 0.1) is 5.82 Å². The lowest BCUT2D eigenvalue weighted by molar-refractivity contribution is -0.124. The summed E-state index contributed by atoms with van der Waals surface area (Å²) in [5, 5.41) is 6.62. The maximum atomic E-state index is 12.8. The summed E-state index contributed by atoms with van der Waals surface area (Å²) in [6.07, 6.45) is 0. The predicted octanol–water partition coefficient (Wildman–Crippen LogP) is 0.808. The van der Waals surface area contributed by atoms with Crippen molar-refractivity contribution in [2.45, 2.75) is 6.54 Å². The molecule has 0 aliphatic carbocycles. The second-order valence-electron chi connectivity index (χ2n) is 4.58. The Morgan fingerprint density at radius 3 is 2.90 bits per heavy atom. The summed E-state index contributed by atoms with van der Waals surface area (Å²) in [7, 11) is 0. The molecule has 3 rings (SSSR count). The number of nitrogens with zero attached hydrogens (tertiary/aromatic N) is 3. The Morgan fingerprint density at radius 1 is 1.35 bits per heavy atom. The van der Waals surface area contributed by atoms with Gasteiger partial charge in [-0.25, -0.2) is 4.39 Å². The van der Waals surface area contributed by atoms with Gasteiger partial charge in [-0.05, 0) is 24.3 Å². The van der Waals surface area contributed by atoms with E-state index in [-0.39, 0.29) is 11.7 Å². The topological polar surface area (TPSA) is 71.3 Å². The zero-order valence-electron chi connectivity index (χ0n) is 10.7. The van der Waals surface area contributed by atoms with Gasteiger partial charge in [-0.1, -0.05) is 5.16 Å². The second kappa shape index (κ2) is 5.38. The standard InChI is InChI=1S/C13H13FN4O2/c14-10-3-1-9(2-4-10)13-16-12(20-17-13)8-18-6-5-15-11(19)7-18/h1-4H,5-8H2,(H,15,19). The highest BCUT2D eigenvalue weighted by Gasteiger charge is 2.19. The van der Waals surface area contributed by atoms with Crippen LogP contribution >= 0.6 is 0 Å². The van der Waals surface area contributed by atoms with Gasteiger partial charge in [0.15, 0.2) is 0 Å². The van der Waals surface area contributed by atoms with Gasteiger partial charge in [-0.2, -0.15) is 4.98 Å². The number of hydrogen-bond acceptors (Lipinski definition) is 5. The van der Waals surface area contributed by atoms with E-state index >= 15 is 0 Å². The summed E-state index contributed by atoms with van der Waals surface area (Å²) in [4.78, 5) is 17.5. The number of nitrogens with one attached hydrogen (secondary N) is 1. The number of carbonyl (C=O) groups is 1. The van der Waals surface area contributed by atoms with E-state index < -0.39 is 0 Å². The lowest BCUT2D eigenvalue weighted by Crippen LogP contribution is -2.47.